The van der Waals surface area contributed by atoms with E-state index in [0.29, 0.717) is 34.4 Å². The van der Waals surface area contributed by atoms with Gasteiger partial charge in [-0.05, 0) is 77.9 Å². The van der Waals surface area contributed by atoms with Crippen molar-refractivity contribution in [1.29, 1.82) is 0 Å². The van der Waals surface area contributed by atoms with Crippen molar-refractivity contribution in [3.05, 3.63) is 0 Å². The van der Waals surface area contributed by atoms with Crippen molar-refractivity contribution in [2.45, 2.75) is 92.1 Å². The molecule has 0 aliphatic heterocycles. The summed E-state index contributed by atoms with van der Waals surface area (Å²) in [6.45, 7) is 12.1. The van der Waals surface area contributed by atoms with Crippen molar-refractivity contribution in [3.63, 3.8) is 0 Å². The Labute approximate surface area is 147 Å². The lowest BCUT2D eigenvalue weighted by Gasteiger charge is -2.69. The van der Waals surface area contributed by atoms with Crippen LogP contribution in [0.5, 0.6) is 0 Å². The molecule has 0 saturated heterocycles. The maximum atomic E-state index is 12.3. The summed E-state index contributed by atoms with van der Waals surface area (Å²) in [4.78, 5) is 12.3. The van der Waals surface area contributed by atoms with Crippen molar-refractivity contribution < 1.29 is 9.90 Å². The number of carbonyl (C=O) groups excluding carboxylic acids is 1. The minimum Gasteiger partial charge on any atom is -0.393 e. The van der Waals surface area contributed by atoms with Gasteiger partial charge in [-0.2, -0.15) is 0 Å². The predicted molar refractivity (Wildman–Crippen MR) is 96.5 cm³/mol. The van der Waals surface area contributed by atoms with Gasteiger partial charge in [0.05, 0.1) is 6.10 Å². The van der Waals surface area contributed by atoms with Crippen molar-refractivity contribution in [1.82, 2.24) is 0 Å². The van der Waals surface area contributed by atoms with Gasteiger partial charge in [0.15, 0.2) is 0 Å². The molecule has 0 aromatic carbocycles. The molecule has 0 heterocycles. The lowest BCUT2D eigenvalue weighted by Crippen LogP contribution is -2.63. The van der Waals surface area contributed by atoms with Crippen molar-refractivity contribution in [2.24, 2.45) is 39.4 Å². The van der Waals surface area contributed by atoms with Crippen LogP contribution in [0.15, 0.2) is 0 Å². The second kappa shape index (κ2) is 4.87. The van der Waals surface area contributed by atoms with Crippen LogP contribution in [0.25, 0.3) is 0 Å². The summed E-state index contributed by atoms with van der Waals surface area (Å²) in [6, 6.07) is 0. The number of aliphatic hydroxyl groups is 1. The average molecular weight is 333 g/mol. The molecule has 4 aliphatic carbocycles. The molecule has 0 amide bonds. The van der Waals surface area contributed by atoms with Gasteiger partial charge in [0.1, 0.15) is 5.78 Å². The van der Waals surface area contributed by atoms with E-state index in [0.717, 1.165) is 25.7 Å². The Balaban J connectivity index is 1.76. The maximum absolute atomic E-state index is 12.3. The quantitative estimate of drug-likeness (QED) is 0.679. The first kappa shape index (κ1) is 17.1. The number of fused-ring (bicyclic) bond motifs is 5. The van der Waals surface area contributed by atoms with Crippen molar-refractivity contribution in [2.75, 3.05) is 0 Å². The van der Waals surface area contributed by atoms with Gasteiger partial charge in [0, 0.05) is 12.8 Å². The number of Topliss-reactive ketones (excluding diaryl/α,β-unsaturated/α-hetero) is 1. The molecule has 0 bridgehead atoms. The summed E-state index contributed by atoms with van der Waals surface area (Å²) < 4.78 is 0. The van der Waals surface area contributed by atoms with Crippen LogP contribution in [0.3, 0.4) is 0 Å². The van der Waals surface area contributed by atoms with E-state index in [2.05, 4.69) is 34.6 Å². The third-order valence-corrected chi connectivity index (χ3v) is 10.1. The van der Waals surface area contributed by atoms with Crippen LogP contribution in [0.2, 0.25) is 0 Å². The Bertz CT molecular complexity index is 566. The van der Waals surface area contributed by atoms with Gasteiger partial charge in [-0.25, -0.2) is 0 Å². The molecule has 136 valence electrons. The second-order valence-electron chi connectivity index (χ2n) is 11.1. The maximum Gasteiger partial charge on any atom is 0.133 e. The summed E-state index contributed by atoms with van der Waals surface area (Å²) in [7, 11) is 0. The van der Waals surface area contributed by atoms with Crippen LogP contribution in [0, 0.1) is 39.4 Å². The summed E-state index contributed by atoms with van der Waals surface area (Å²) in [5.74, 6) is 2.45. The van der Waals surface area contributed by atoms with E-state index in [4.69, 9.17) is 0 Å². The molecule has 2 heteroatoms. The zero-order chi connectivity index (χ0) is 17.5. The third kappa shape index (κ3) is 1.85. The Hall–Kier alpha value is -0.370. The molecule has 24 heavy (non-hydrogen) atoms. The van der Waals surface area contributed by atoms with Gasteiger partial charge in [0.25, 0.3) is 0 Å². The lowest BCUT2D eigenvalue weighted by atomic mass is 9.36. The number of carbonyl (C=O) groups is 1. The van der Waals surface area contributed by atoms with Crippen LogP contribution in [-0.4, -0.2) is 17.0 Å². The molecule has 4 rings (SSSR count). The van der Waals surface area contributed by atoms with Crippen molar-refractivity contribution in [3.8, 4) is 0 Å². The van der Waals surface area contributed by atoms with Gasteiger partial charge in [-0.1, -0.05) is 34.6 Å². The van der Waals surface area contributed by atoms with Gasteiger partial charge < -0.3 is 5.11 Å². The Morgan fingerprint density at radius 3 is 2.29 bits per heavy atom. The highest BCUT2D eigenvalue weighted by molar-refractivity contribution is 5.82. The third-order valence-electron chi connectivity index (χ3n) is 10.1. The fourth-order valence-corrected chi connectivity index (χ4v) is 8.46. The van der Waals surface area contributed by atoms with Crippen LogP contribution in [0.4, 0.5) is 0 Å². The van der Waals surface area contributed by atoms with Crippen molar-refractivity contribution >= 4 is 5.78 Å². The molecule has 4 saturated carbocycles. The van der Waals surface area contributed by atoms with Crippen LogP contribution >= 0.6 is 0 Å². The Morgan fingerprint density at radius 1 is 0.875 bits per heavy atom. The van der Waals surface area contributed by atoms with E-state index >= 15 is 0 Å². The fraction of sp³-hybridized carbons (Fsp3) is 0.955. The fourth-order valence-electron chi connectivity index (χ4n) is 8.46. The number of hydrogen-bond acceptors (Lipinski definition) is 2. The van der Waals surface area contributed by atoms with E-state index in [1.54, 1.807) is 0 Å². The van der Waals surface area contributed by atoms with Gasteiger partial charge >= 0.3 is 0 Å². The summed E-state index contributed by atoms with van der Waals surface area (Å²) in [5.41, 5.74) is 0.861. The zero-order valence-electron chi connectivity index (χ0n) is 16.3. The first-order chi connectivity index (χ1) is 11.1. The molecule has 7 unspecified atom stereocenters. The first-order valence-corrected chi connectivity index (χ1v) is 10.3. The molecule has 7 atom stereocenters. The summed E-state index contributed by atoms with van der Waals surface area (Å²) in [6.07, 6.45) is 8.62. The Morgan fingerprint density at radius 2 is 1.58 bits per heavy atom. The first-order valence-electron chi connectivity index (χ1n) is 10.3. The highest BCUT2D eigenvalue weighted by Gasteiger charge is 2.68. The molecular weight excluding hydrogens is 296 g/mol. The molecule has 0 radical (unpaired) electrons. The normalized spacial score (nSPS) is 56.3. The zero-order valence-corrected chi connectivity index (χ0v) is 16.3. The minimum absolute atomic E-state index is 0.0254. The summed E-state index contributed by atoms with van der Waals surface area (Å²) >= 11 is 0. The van der Waals surface area contributed by atoms with Gasteiger partial charge in [-0.3, -0.25) is 4.79 Å². The average Bonchev–Trinajstić information content (AvgIpc) is 2.79. The van der Waals surface area contributed by atoms with E-state index in [1.807, 2.05) is 0 Å². The minimum atomic E-state index is -0.153. The van der Waals surface area contributed by atoms with E-state index < -0.39 is 0 Å². The molecular formula is C22H36O2. The topological polar surface area (TPSA) is 37.3 Å². The van der Waals surface area contributed by atoms with E-state index in [9.17, 15) is 9.90 Å². The van der Waals surface area contributed by atoms with E-state index in [-0.39, 0.29) is 16.9 Å². The van der Waals surface area contributed by atoms with Crippen LogP contribution in [0.1, 0.15) is 86.0 Å². The van der Waals surface area contributed by atoms with Gasteiger partial charge in [-0.15, -0.1) is 0 Å². The molecule has 0 aromatic rings. The second-order valence-corrected chi connectivity index (χ2v) is 11.1. The monoisotopic (exact) mass is 332 g/mol. The number of rotatable bonds is 0. The van der Waals surface area contributed by atoms with Gasteiger partial charge in [0.2, 0.25) is 0 Å². The number of hydrogen-bond donors (Lipinski definition) is 1. The molecule has 4 aliphatic rings. The smallest absolute Gasteiger partial charge is 0.133 e. The Kier molecular flexibility index (Phi) is 3.46. The summed E-state index contributed by atoms with van der Waals surface area (Å²) in [5, 5.41) is 10.6. The number of aliphatic hydroxyl groups excluding tert-OH is 1. The molecule has 0 aromatic heterocycles. The number of ketones is 1. The van der Waals surface area contributed by atoms with E-state index in [1.165, 1.54) is 25.7 Å². The van der Waals surface area contributed by atoms with Crippen LogP contribution < -0.4 is 0 Å². The molecule has 0 spiro atoms. The standard InChI is InChI=1S/C22H36O2/c1-19(2)16-8-11-21(4)17(20(16,3)10-9-18(19)24)7-6-14-12-15(23)13-22(14,21)5/h14,16-18,24H,6-13H2,1-5H3. The molecule has 2 nitrogen and oxygen atoms in total. The highest BCUT2D eigenvalue weighted by Crippen LogP contribution is 2.74. The molecule has 4 fully saturated rings. The lowest BCUT2D eigenvalue weighted by molar-refractivity contribution is -0.219. The van der Waals surface area contributed by atoms with Crippen LogP contribution in [-0.2, 0) is 4.79 Å². The molecule has 1 N–H and O–H groups in total. The SMILES string of the molecule is CC1(C)C(O)CCC2(C)C1CCC1(C)C2CCC2CC(=O)CC21C. The highest BCUT2D eigenvalue weighted by atomic mass is 16.3. The largest absolute Gasteiger partial charge is 0.393 e. The predicted octanol–water partition coefficient (Wildman–Crippen LogP) is 4.99.